The third kappa shape index (κ3) is 13.0. The molecule has 16 N–H and O–H groups in total. The molecule has 22 unspecified atom stereocenters. The molecule has 1 spiro atoms. The third-order valence-electron chi connectivity index (χ3n) is 24.1. The highest BCUT2D eigenvalue weighted by molar-refractivity contribution is 5.99. The van der Waals surface area contributed by atoms with E-state index in [2.05, 4.69) is 40.3 Å². The van der Waals surface area contributed by atoms with Gasteiger partial charge in [-0.3, -0.25) is 9.59 Å². The molecule has 7 heterocycles. The van der Waals surface area contributed by atoms with Crippen LogP contribution >= 0.6 is 0 Å². The Labute approximate surface area is 567 Å². The number of carbonyl (C=O) groups excluding carboxylic acids is 2. The van der Waals surface area contributed by atoms with Crippen molar-refractivity contribution in [2.45, 2.75) is 296 Å². The summed E-state index contributed by atoms with van der Waals surface area (Å²) in [6, 6.07) is 0. The van der Waals surface area contributed by atoms with Gasteiger partial charge >= 0.3 is 5.97 Å². The first-order valence-corrected chi connectivity index (χ1v) is 34.3. The molecule has 37 atom stereocenters. The highest BCUT2D eigenvalue weighted by atomic mass is 16.8. The molecule has 0 aromatic rings. The minimum Gasteiger partial charge on any atom is -0.458 e. The summed E-state index contributed by atoms with van der Waals surface area (Å²) in [5.74, 6) is -1.06. The van der Waals surface area contributed by atoms with Crippen LogP contribution in [0.5, 0.6) is 0 Å². The lowest BCUT2D eigenvalue weighted by atomic mass is 9.41. The smallest absolute Gasteiger partial charge is 0.314 e. The largest absolute Gasteiger partial charge is 0.458 e. The molecule has 11 aliphatic rings. The second kappa shape index (κ2) is 29.4. The molecule has 0 aromatic carbocycles. The summed E-state index contributed by atoms with van der Waals surface area (Å²) in [4.78, 5) is 29.1. The van der Waals surface area contributed by atoms with Crippen molar-refractivity contribution in [1.82, 2.24) is 0 Å². The summed E-state index contributed by atoms with van der Waals surface area (Å²) in [6.07, 6.45) is -44.4. The Morgan fingerprint density at radius 2 is 1.06 bits per heavy atom. The summed E-state index contributed by atoms with van der Waals surface area (Å²) in [5.41, 5.74) is -1.66. The molecule has 7 aliphatic heterocycles. The summed E-state index contributed by atoms with van der Waals surface area (Å²) >= 11 is 0. The van der Waals surface area contributed by atoms with E-state index < -0.39 is 250 Å². The predicted molar refractivity (Wildman–Crippen MR) is 326 cm³/mol. The molecule has 32 heteroatoms. The molecule has 98 heavy (non-hydrogen) atoms. The van der Waals surface area contributed by atoms with Gasteiger partial charge < -0.3 is 148 Å². The summed E-state index contributed by atoms with van der Waals surface area (Å²) in [5, 5.41) is 177. The molecular formula is C66H104O32. The lowest BCUT2D eigenvalue weighted by Gasteiger charge is -2.63. The van der Waals surface area contributed by atoms with Gasteiger partial charge in [-0.2, -0.15) is 0 Å². The number of hydrogen-bond acceptors (Lipinski definition) is 32. The van der Waals surface area contributed by atoms with Crippen molar-refractivity contribution in [1.29, 1.82) is 0 Å². The molecule has 560 valence electrons. The third-order valence-corrected chi connectivity index (χ3v) is 24.1. The standard InChI is InChI=1S/C66H104O32/c1-25(2)11-10-16-65(8)54-29(71)19-64(7)28-12-13-35-62(4,5)36(15-17-63(35,6)27(28)14-18-66(54,64)61(84)98-65)93-60-53(41(76)34(24-86-60)92-57-47(82)51(39(74)32(22-69)89-57)95-56-44(79)42(77)37(72)30(20-67)88-56)97-55-45(80)43(78)49(26(3)87-55)94-59-48(83)52(40(75)33(23-70)91-59)96-58-46(81)50(85-9)38(73)31(21-68)90-58/h14,26,28,30-60,67-70,72-83H,1,10-13,15-24H2,2-9H3/t26?,28?,30?,31?,32?,33?,34?,35?,36-,37?,38?,39?,40?,41-,42-,43+,44?,45?,46?,47?,48?,49?,50-,51-,52-,53?,54?,55-,56-,57-,58-,59-,60-,63+,64?,65+,66?/m0/s1. The van der Waals surface area contributed by atoms with Crippen molar-refractivity contribution in [3.05, 3.63) is 23.8 Å². The molecule has 11 rings (SSSR count). The fraction of sp³-hybridized carbons (Fsp3) is 0.909. The highest BCUT2D eigenvalue weighted by Gasteiger charge is 2.79. The number of methoxy groups -OCH3 is 1. The maximum Gasteiger partial charge on any atom is 0.314 e. The van der Waals surface area contributed by atoms with E-state index in [9.17, 15) is 91.3 Å². The summed E-state index contributed by atoms with van der Waals surface area (Å²) < 4.78 is 84.3. The Hall–Kier alpha value is -2.54. The minimum absolute atomic E-state index is 0.0447. The van der Waals surface area contributed by atoms with Crippen molar-refractivity contribution in [3.8, 4) is 0 Å². The van der Waals surface area contributed by atoms with Gasteiger partial charge in [0.2, 0.25) is 0 Å². The Balaban J connectivity index is 0.835. The summed E-state index contributed by atoms with van der Waals surface area (Å²) in [7, 11) is 1.17. The fourth-order valence-electron chi connectivity index (χ4n) is 18.8. The van der Waals surface area contributed by atoms with Crippen molar-refractivity contribution in [2.24, 2.45) is 39.4 Å². The van der Waals surface area contributed by atoms with Crippen molar-refractivity contribution >= 4 is 11.8 Å². The van der Waals surface area contributed by atoms with Crippen LogP contribution < -0.4 is 0 Å². The second-order valence-electron chi connectivity index (χ2n) is 30.4. The van der Waals surface area contributed by atoms with Gasteiger partial charge in [0.1, 0.15) is 146 Å². The monoisotopic (exact) mass is 1410 g/mol. The van der Waals surface area contributed by atoms with E-state index in [0.717, 1.165) is 18.4 Å². The number of cyclic esters (lactones) is 1. The summed E-state index contributed by atoms with van der Waals surface area (Å²) in [6.45, 7) is 13.8. The first-order valence-electron chi connectivity index (χ1n) is 34.3. The maximum absolute atomic E-state index is 14.6. The van der Waals surface area contributed by atoms with Gasteiger partial charge in [-0.1, -0.05) is 44.9 Å². The van der Waals surface area contributed by atoms with Crippen LogP contribution in [0.3, 0.4) is 0 Å². The number of aliphatic hydroxyl groups is 16. The number of rotatable bonds is 21. The van der Waals surface area contributed by atoms with Gasteiger partial charge in [-0.05, 0) is 100 Å². The van der Waals surface area contributed by atoms with Crippen molar-refractivity contribution < 1.29 is 158 Å². The Kier molecular flexibility index (Phi) is 23.0. The molecule has 0 aromatic heterocycles. The van der Waals surface area contributed by atoms with E-state index in [4.69, 9.17) is 66.3 Å². The normalized spacial score (nSPS) is 52.5. The number of Topliss-reactive ketones (excluding diaryl/α,β-unsaturated/α-hetero) is 1. The lowest BCUT2D eigenvalue weighted by molar-refractivity contribution is -0.397. The second-order valence-corrected chi connectivity index (χ2v) is 30.4. The van der Waals surface area contributed by atoms with Crippen LogP contribution in [-0.2, 0) is 75.9 Å². The van der Waals surface area contributed by atoms with E-state index in [-0.39, 0.29) is 30.0 Å². The van der Waals surface area contributed by atoms with Crippen LogP contribution in [-0.4, -0.2) is 323 Å². The van der Waals surface area contributed by atoms with Crippen molar-refractivity contribution in [2.75, 3.05) is 40.1 Å². The number of allylic oxidation sites excluding steroid dienone is 3. The first kappa shape index (κ1) is 76.6. The van der Waals surface area contributed by atoms with E-state index in [1.807, 2.05) is 13.8 Å². The molecule has 32 nitrogen and oxygen atoms in total. The van der Waals surface area contributed by atoms with E-state index in [1.165, 1.54) is 19.6 Å². The molecule has 3 saturated carbocycles. The zero-order valence-corrected chi connectivity index (χ0v) is 56.4. The van der Waals surface area contributed by atoms with E-state index >= 15 is 0 Å². The van der Waals surface area contributed by atoms with E-state index in [1.54, 1.807) is 0 Å². The van der Waals surface area contributed by atoms with Crippen LogP contribution in [0.25, 0.3) is 0 Å². The number of carbonyl (C=O) groups is 2. The Morgan fingerprint density at radius 1 is 0.561 bits per heavy atom. The molecule has 0 bridgehead atoms. The molecule has 0 amide bonds. The molecule has 4 aliphatic carbocycles. The van der Waals surface area contributed by atoms with Crippen LogP contribution in [0.4, 0.5) is 0 Å². The average molecular weight is 1410 g/mol. The maximum atomic E-state index is 14.6. The van der Waals surface area contributed by atoms with Gasteiger partial charge in [-0.25, -0.2) is 0 Å². The SMILES string of the molecule is C=C(C)CCC[C@@]1(C)OC(=O)C23CC=C4C(CCC5C(C)(C)[C@@H](O[C@@H]6OCC(O[C@@H]7OC(CO)C(O)[C@H](O[C@@H]8OC(CO)C(O)[C@H](O)C8O)C7O)[C@H](O)C6O[C@@H]6OC(C)C(O[C@@H]7OC(CO)C(O)[C@H](O[C@@H]8OC(CO)C(O)[C@H](OC)C8O)C7O)[C@H](O)C6O)CC[C@]45C)C2(C)CC(=O)C31. The number of ketones is 1. The number of hydrogen-bond donors (Lipinski definition) is 16. The number of fused-ring (bicyclic) bond motifs is 4. The lowest BCUT2D eigenvalue weighted by Crippen LogP contribution is -2.67. The number of esters is 1. The Bertz CT molecular complexity index is 2820. The van der Waals surface area contributed by atoms with Gasteiger partial charge in [-0.15, -0.1) is 6.58 Å². The van der Waals surface area contributed by atoms with Gasteiger partial charge in [0.15, 0.2) is 37.7 Å². The van der Waals surface area contributed by atoms with Crippen LogP contribution in [0, 0.1) is 39.4 Å². The van der Waals surface area contributed by atoms with Crippen molar-refractivity contribution in [3.63, 3.8) is 0 Å². The van der Waals surface area contributed by atoms with Crippen LogP contribution in [0.15, 0.2) is 23.8 Å². The molecule has 7 saturated heterocycles. The fourth-order valence-corrected chi connectivity index (χ4v) is 18.8. The highest BCUT2D eigenvalue weighted by Crippen LogP contribution is 2.75. The first-order chi connectivity index (χ1) is 46.2. The van der Waals surface area contributed by atoms with Crippen LogP contribution in [0.2, 0.25) is 0 Å². The minimum atomic E-state index is -2.09. The van der Waals surface area contributed by atoms with Gasteiger partial charge in [0.25, 0.3) is 0 Å². The average Bonchev–Trinajstić information content (AvgIpc) is 1.47. The number of ether oxygens (including phenoxy) is 14. The van der Waals surface area contributed by atoms with Gasteiger partial charge in [0, 0.05) is 13.5 Å². The molecular weight excluding hydrogens is 1300 g/mol. The topological polar surface area (TPSA) is 487 Å². The number of aliphatic hydroxyl groups excluding tert-OH is 16. The molecule has 10 fully saturated rings. The van der Waals surface area contributed by atoms with Gasteiger partial charge in [0.05, 0.1) is 56.6 Å². The van der Waals surface area contributed by atoms with E-state index in [0.29, 0.717) is 38.5 Å². The zero-order valence-electron chi connectivity index (χ0n) is 56.4. The quantitative estimate of drug-likeness (QED) is 0.0292. The zero-order chi connectivity index (χ0) is 71.4. The Morgan fingerprint density at radius 3 is 1.62 bits per heavy atom. The molecule has 0 radical (unpaired) electrons. The van der Waals surface area contributed by atoms with Crippen LogP contribution in [0.1, 0.15) is 106 Å². The predicted octanol–water partition coefficient (Wildman–Crippen LogP) is -4.56.